The Labute approximate surface area is 113 Å². The number of hydrogen-bond donors (Lipinski definition) is 3. The first-order valence-electron chi connectivity index (χ1n) is 6.50. The van der Waals surface area contributed by atoms with Crippen molar-refractivity contribution in [3.63, 3.8) is 0 Å². The highest BCUT2D eigenvalue weighted by atomic mass is 16.3. The van der Waals surface area contributed by atoms with E-state index in [1.807, 2.05) is 11.8 Å². The van der Waals surface area contributed by atoms with Crippen LogP contribution in [0.4, 0.5) is 0 Å². The third-order valence-electron chi connectivity index (χ3n) is 3.18. The van der Waals surface area contributed by atoms with Gasteiger partial charge in [0.15, 0.2) is 0 Å². The van der Waals surface area contributed by atoms with E-state index in [0.29, 0.717) is 12.1 Å². The van der Waals surface area contributed by atoms with Crippen molar-refractivity contribution in [2.45, 2.75) is 32.7 Å². The van der Waals surface area contributed by atoms with Gasteiger partial charge in [-0.25, -0.2) is 0 Å². The summed E-state index contributed by atoms with van der Waals surface area (Å²) in [4.78, 5) is 13.0. The van der Waals surface area contributed by atoms with E-state index in [-0.39, 0.29) is 24.1 Å². The van der Waals surface area contributed by atoms with Gasteiger partial charge in [-0.15, -0.1) is 0 Å². The van der Waals surface area contributed by atoms with Crippen LogP contribution in [0.15, 0.2) is 18.2 Å². The number of phenols is 2. The van der Waals surface area contributed by atoms with Gasteiger partial charge in [0.2, 0.25) is 5.91 Å². The lowest BCUT2D eigenvalue weighted by Crippen LogP contribution is -2.36. The van der Waals surface area contributed by atoms with E-state index >= 15 is 0 Å². The van der Waals surface area contributed by atoms with E-state index in [1.165, 1.54) is 12.1 Å². The maximum absolute atomic E-state index is 11.1. The van der Waals surface area contributed by atoms with Crippen LogP contribution in [0.2, 0.25) is 0 Å². The van der Waals surface area contributed by atoms with Gasteiger partial charge in [-0.2, -0.15) is 0 Å². The number of aromatic hydroxyl groups is 2. The molecule has 1 aromatic rings. The van der Waals surface area contributed by atoms with E-state index in [2.05, 4.69) is 6.92 Å². The van der Waals surface area contributed by atoms with Crippen LogP contribution in [0.3, 0.4) is 0 Å². The number of nitrogens with two attached hydrogens (primary N) is 1. The summed E-state index contributed by atoms with van der Waals surface area (Å²) < 4.78 is 0. The SMILES string of the molecule is CCCCN(CC(N)=O)C(C)c1c(O)cccc1O. The monoisotopic (exact) mass is 266 g/mol. The maximum Gasteiger partial charge on any atom is 0.231 e. The van der Waals surface area contributed by atoms with Crippen molar-refractivity contribution < 1.29 is 15.0 Å². The van der Waals surface area contributed by atoms with Crippen molar-refractivity contribution in [3.8, 4) is 11.5 Å². The van der Waals surface area contributed by atoms with Crippen LogP contribution < -0.4 is 5.73 Å². The van der Waals surface area contributed by atoms with Gasteiger partial charge in [0.25, 0.3) is 0 Å². The molecule has 1 unspecified atom stereocenters. The van der Waals surface area contributed by atoms with Crippen LogP contribution in [0.1, 0.15) is 38.3 Å². The normalized spacial score (nSPS) is 12.6. The van der Waals surface area contributed by atoms with Gasteiger partial charge in [0.05, 0.1) is 12.1 Å². The zero-order chi connectivity index (χ0) is 14.4. The Hall–Kier alpha value is -1.75. The minimum absolute atomic E-state index is 0.0264. The molecule has 0 saturated heterocycles. The summed E-state index contributed by atoms with van der Waals surface area (Å²) in [7, 11) is 0. The fourth-order valence-corrected chi connectivity index (χ4v) is 2.12. The van der Waals surface area contributed by atoms with Crippen LogP contribution in [0, 0.1) is 0 Å². The molecule has 0 fully saturated rings. The summed E-state index contributed by atoms with van der Waals surface area (Å²) in [5.41, 5.74) is 5.68. The molecular formula is C14H22N2O3. The first-order chi connectivity index (χ1) is 8.97. The predicted molar refractivity (Wildman–Crippen MR) is 73.9 cm³/mol. The molecule has 1 atom stereocenters. The zero-order valence-corrected chi connectivity index (χ0v) is 11.5. The average Bonchev–Trinajstić information content (AvgIpc) is 2.33. The number of carbonyl (C=O) groups is 1. The standard InChI is InChI=1S/C14H22N2O3/c1-3-4-8-16(9-13(15)19)10(2)14-11(17)6-5-7-12(14)18/h5-7,10,17-18H,3-4,8-9H2,1-2H3,(H2,15,19). The summed E-state index contributed by atoms with van der Waals surface area (Å²) >= 11 is 0. The molecule has 0 bridgehead atoms. The number of amides is 1. The van der Waals surface area contributed by atoms with E-state index in [0.717, 1.165) is 12.8 Å². The first-order valence-corrected chi connectivity index (χ1v) is 6.50. The number of hydrogen-bond acceptors (Lipinski definition) is 4. The van der Waals surface area contributed by atoms with Crippen LogP contribution in [0.5, 0.6) is 11.5 Å². The van der Waals surface area contributed by atoms with Crippen LogP contribution in [0.25, 0.3) is 0 Å². The zero-order valence-electron chi connectivity index (χ0n) is 11.5. The van der Waals surface area contributed by atoms with E-state index in [4.69, 9.17) is 5.73 Å². The van der Waals surface area contributed by atoms with Crippen LogP contribution in [-0.4, -0.2) is 34.1 Å². The average molecular weight is 266 g/mol. The molecule has 1 rings (SSSR count). The molecule has 1 amide bonds. The third-order valence-corrected chi connectivity index (χ3v) is 3.18. The van der Waals surface area contributed by atoms with Crippen LogP contribution in [-0.2, 0) is 4.79 Å². The number of carbonyl (C=O) groups excluding carboxylic acids is 1. The summed E-state index contributed by atoms with van der Waals surface area (Å²) in [5.74, 6) is -0.366. The molecular weight excluding hydrogens is 244 g/mol. The van der Waals surface area contributed by atoms with E-state index in [1.54, 1.807) is 6.07 Å². The number of phenolic OH excluding ortho intramolecular Hbond substituents is 2. The van der Waals surface area contributed by atoms with Gasteiger partial charge in [0.1, 0.15) is 11.5 Å². The number of primary amides is 1. The lowest BCUT2D eigenvalue weighted by atomic mass is 10.0. The number of unbranched alkanes of at least 4 members (excludes halogenated alkanes) is 1. The molecule has 0 aliphatic heterocycles. The summed E-state index contributed by atoms with van der Waals surface area (Å²) in [6.45, 7) is 4.70. The Kier molecular flexibility index (Phi) is 5.63. The molecule has 19 heavy (non-hydrogen) atoms. The smallest absolute Gasteiger partial charge is 0.231 e. The number of benzene rings is 1. The Bertz CT molecular complexity index is 414. The molecule has 0 radical (unpaired) electrons. The fraction of sp³-hybridized carbons (Fsp3) is 0.500. The van der Waals surface area contributed by atoms with Crippen molar-refractivity contribution >= 4 is 5.91 Å². The highest BCUT2D eigenvalue weighted by molar-refractivity contribution is 5.76. The van der Waals surface area contributed by atoms with Crippen LogP contribution >= 0.6 is 0 Å². The highest BCUT2D eigenvalue weighted by Gasteiger charge is 2.22. The molecule has 0 aromatic heterocycles. The molecule has 1 aromatic carbocycles. The molecule has 0 aliphatic carbocycles. The minimum Gasteiger partial charge on any atom is -0.507 e. The summed E-state index contributed by atoms with van der Waals surface area (Å²) in [6, 6.07) is 4.34. The van der Waals surface area contributed by atoms with E-state index < -0.39 is 5.91 Å². The molecule has 0 saturated carbocycles. The van der Waals surface area contributed by atoms with Gasteiger partial charge < -0.3 is 15.9 Å². The second-order valence-electron chi connectivity index (χ2n) is 4.68. The van der Waals surface area contributed by atoms with Gasteiger partial charge in [-0.3, -0.25) is 9.69 Å². The van der Waals surface area contributed by atoms with Crippen molar-refractivity contribution in [1.82, 2.24) is 4.90 Å². The van der Waals surface area contributed by atoms with Gasteiger partial charge in [-0.05, 0) is 32.0 Å². The molecule has 4 N–H and O–H groups in total. The summed E-state index contributed by atoms with van der Waals surface area (Å²) in [5, 5.41) is 19.7. The Morgan fingerprint density at radius 1 is 1.37 bits per heavy atom. The second kappa shape index (κ2) is 6.99. The lowest BCUT2D eigenvalue weighted by molar-refractivity contribution is -0.119. The molecule has 5 heteroatoms. The van der Waals surface area contributed by atoms with Crippen molar-refractivity contribution in [1.29, 1.82) is 0 Å². The van der Waals surface area contributed by atoms with E-state index in [9.17, 15) is 15.0 Å². The van der Waals surface area contributed by atoms with Crippen molar-refractivity contribution in [2.75, 3.05) is 13.1 Å². The minimum atomic E-state index is -0.419. The number of rotatable bonds is 7. The summed E-state index contributed by atoms with van der Waals surface area (Å²) in [6.07, 6.45) is 1.92. The lowest BCUT2D eigenvalue weighted by Gasteiger charge is -2.29. The van der Waals surface area contributed by atoms with Crippen molar-refractivity contribution in [2.24, 2.45) is 5.73 Å². The largest absolute Gasteiger partial charge is 0.507 e. The topological polar surface area (TPSA) is 86.8 Å². The quantitative estimate of drug-likeness (QED) is 0.701. The highest BCUT2D eigenvalue weighted by Crippen LogP contribution is 2.35. The Balaban J connectivity index is 2.97. The Morgan fingerprint density at radius 2 is 1.95 bits per heavy atom. The van der Waals surface area contributed by atoms with Gasteiger partial charge >= 0.3 is 0 Å². The third kappa shape index (κ3) is 4.13. The van der Waals surface area contributed by atoms with Gasteiger partial charge in [-0.1, -0.05) is 19.4 Å². The molecule has 0 aliphatic rings. The number of nitrogens with zero attached hydrogens (tertiary/aromatic N) is 1. The molecule has 0 heterocycles. The fourth-order valence-electron chi connectivity index (χ4n) is 2.12. The second-order valence-corrected chi connectivity index (χ2v) is 4.68. The molecule has 5 nitrogen and oxygen atoms in total. The Morgan fingerprint density at radius 3 is 2.42 bits per heavy atom. The van der Waals surface area contributed by atoms with Crippen molar-refractivity contribution in [3.05, 3.63) is 23.8 Å². The first kappa shape index (κ1) is 15.3. The maximum atomic E-state index is 11.1. The predicted octanol–water partition coefficient (Wildman–Crippen LogP) is 1.75. The molecule has 106 valence electrons. The van der Waals surface area contributed by atoms with Gasteiger partial charge in [0, 0.05) is 6.04 Å². The molecule has 0 spiro atoms.